The highest BCUT2D eigenvalue weighted by molar-refractivity contribution is 6.08. The summed E-state index contributed by atoms with van der Waals surface area (Å²) in [6, 6.07) is 5.69. The van der Waals surface area contributed by atoms with Gasteiger partial charge in [-0.3, -0.25) is 0 Å². The van der Waals surface area contributed by atoms with Crippen molar-refractivity contribution < 1.29 is 20.1 Å². The third-order valence-corrected chi connectivity index (χ3v) is 2.34. The summed E-state index contributed by atoms with van der Waals surface area (Å²) in [5.41, 5.74) is 5.18. The van der Waals surface area contributed by atoms with E-state index in [1.165, 1.54) is 24.3 Å². The van der Waals surface area contributed by atoms with Crippen LogP contribution in [-0.4, -0.2) is 21.3 Å². The van der Waals surface area contributed by atoms with E-state index in [9.17, 15) is 15.0 Å². The zero-order chi connectivity index (χ0) is 11.9. The molecule has 0 atom stereocenters. The van der Waals surface area contributed by atoms with Gasteiger partial charge in [-0.15, -0.1) is 0 Å². The minimum atomic E-state index is -1.29. The third-order valence-electron chi connectivity index (χ3n) is 2.34. The second-order valence-electron chi connectivity index (χ2n) is 3.40. The third kappa shape index (κ3) is 1.38. The van der Waals surface area contributed by atoms with Gasteiger partial charge in [0.15, 0.2) is 5.75 Å². The number of hydrogen-bond acceptors (Lipinski definition) is 4. The maximum Gasteiger partial charge on any atom is 0.340 e. The Morgan fingerprint density at radius 3 is 2.50 bits per heavy atom. The number of carboxylic acids is 1. The number of nitrogens with two attached hydrogens (primary N) is 1. The maximum absolute atomic E-state index is 11.0. The number of anilines is 1. The zero-order valence-corrected chi connectivity index (χ0v) is 8.14. The predicted octanol–water partition coefficient (Wildman–Crippen LogP) is 1.53. The highest BCUT2D eigenvalue weighted by Gasteiger charge is 2.17. The Bertz CT molecular complexity index is 592. The Balaban J connectivity index is 2.96. The van der Waals surface area contributed by atoms with Crippen molar-refractivity contribution in [3.63, 3.8) is 0 Å². The van der Waals surface area contributed by atoms with Gasteiger partial charge in [0.2, 0.25) is 0 Å². The largest absolute Gasteiger partial charge is 0.508 e. The molecular weight excluding hydrogens is 210 g/mol. The summed E-state index contributed by atoms with van der Waals surface area (Å²) >= 11 is 0. The summed E-state index contributed by atoms with van der Waals surface area (Å²) in [4.78, 5) is 11.0. The van der Waals surface area contributed by atoms with Crippen LogP contribution in [0.4, 0.5) is 5.69 Å². The highest BCUT2D eigenvalue weighted by atomic mass is 16.4. The van der Waals surface area contributed by atoms with Crippen LogP contribution in [0.25, 0.3) is 10.8 Å². The van der Waals surface area contributed by atoms with Gasteiger partial charge in [0.25, 0.3) is 0 Å². The van der Waals surface area contributed by atoms with E-state index in [0.717, 1.165) is 0 Å². The molecule has 0 aliphatic carbocycles. The second-order valence-corrected chi connectivity index (χ2v) is 3.40. The van der Waals surface area contributed by atoms with Gasteiger partial charge >= 0.3 is 5.97 Å². The molecule has 0 fully saturated rings. The second kappa shape index (κ2) is 3.30. The maximum atomic E-state index is 11.0. The minimum Gasteiger partial charge on any atom is -0.508 e. The molecule has 0 aromatic heterocycles. The van der Waals surface area contributed by atoms with Crippen LogP contribution in [0.15, 0.2) is 24.3 Å². The molecule has 2 rings (SSSR count). The first-order valence-corrected chi connectivity index (χ1v) is 4.48. The molecule has 0 heterocycles. The van der Waals surface area contributed by atoms with Gasteiger partial charge in [-0.05, 0) is 23.6 Å². The summed E-state index contributed by atoms with van der Waals surface area (Å²) in [6.07, 6.45) is 0. The molecule has 0 bridgehead atoms. The molecule has 2 aromatic rings. The number of aromatic carboxylic acids is 1. The van der Waals surface area contributed by atoms with E-state index in [2.05, 4.69) is 0 Å². The number of phenols is 2. The molecule has 0 unspecified atom stereocenters. The van der Waals surface area contributed by atoms with E-state index >= 15 is 0 Å². The van der Waals surface area contributed by atoms with Crippen LogP contribution in [0.5, 0.6) is 11.5 Å². The van der Waals surface area contributed by atoms with Gasteiger partial charge in [0, 0.05) is 5.39 Å². The molecule has 0 aliphatic heterocycles. The lowest BCUT2D eigenvalue weighted by atomic mass is 10.0. The van der Waals surface area contributed by atoms with Crippen LogP contribution < -0.4 is 5.73 Å². The molecule has 2 aromatic carbocycles. The summed E-state index contributed by atoms with van der Waals surface area (Å²) < 4.78 is 0. The first kappa shape index (κ1) is 10.1. The predicted molar refractivity (Wildman–Crippen MR) is 58.6 cm³/mol. The molecule has 82 valence electrons. The van der Waals surface area contributed by atoms with E-state index in [0.29, 0.717) is 5.39 Å². The molecule has 0 amide bonds. The number of phenolic OH excluding ortho intramolecular Hbond substituents is 1. The van der Waals surface area contributed by atoms with Crippen molar-refractivity contribution in [2.75, 3.05) is 5.73 Å². The van der Waals surface area contributed by atoms with Crippen molar-refractivity contribution in [2.24, 2.45) is 0 Å². The van der Waals surface area contributed by atoms with Crippen LogP contribution >= 0.6 is 0 Å². The molecule has 0 saturated heterocycles. The van der Waals surface area contributed by atoms with Crippen molar-refractivity contribution in [1.29, 1.82) is 0 Å². The van der Waals surface area contributed by atoms with E-state index in [-0.39, 0.29) is 22.4 Å². The Morgan fingerprint density at radius 1 is 1.19 bits per heavy atom. The quantitative estimate of drug-likeness (QED) is 0.430. The number of carboxylic acid groups (broad SMARTS) is 1. The molecule has 5 N–H and O–H groups in total. The number of aromatic hydroxyl groups is 2. The van der Waals surface area contributed by atoms with Crippen molar-refractivity contribution in [3.05, 3.63) is 29.8 Å². The molecular formula is C11H9NO4. The van der Waals surface area contributed by atoms with Gasteiger partial charge in [-0.25, -0.2) is 4.79 Å². The lowest BCUT2D eigenvalue weighted by Gasteiger charge is -2.08. The number of nitrogen functional groups attached to an aromatic ring is 1. The monoisotopic (exact) mass is 219 g/mol. The molecule has 0 radical (unpaired) electrons. The SMILES string of the molecule is Nc1cc2ccc(O)cc2c(C(=O)O)c1O. The van der Waals surface area contributed by atoms with Gasteiger partial charge in [0.05, 0.1) is 5.69 Å². The number of rotatable bonds is 1. The average molecular weight is 219 g/mol. The summed E-state index contributed by atoms with van der Waals surface area (Å²) in [5, 5.41) is 28.6. The molecule has 5 heteroatoms. The van der Waals surface area contributed by atoms with Gasteiger partial charge in [-0.1, -0.05) is 6.07 Å². The minimum absolute atomic E-state index is 0.00408. The number of benzene rings is 2. The standard InChI is InChI=1S/C11H9NO4/c12-8-3-5-1-2-6(13)4-7(5)9(10(8)14)11(15)16/h1-4,13-14H,12H2,(H,15,16). The van der Waals surface area contributed by atoms with Crippen LogP contribution in [0, 0.1) is 0 Å². The Morgan fingerprint density at radius 2 is 1.88 bits per heavy atom. The smallest absolute Gasteiger partial charge is 0.340 e. The van der Waals surface area contributed by atoms with E-state index in [4.69, 9.17) is 10.8 Å². The normalized spacial score (nSPS) is 10.5. The number of fused-ring (bicyclic) bond motifs is 1. The molecule has 5 nitrogen and oxygen atoms in total. The summed E-state index contributed by atoms with van der Waals surface area (Å²) in [7, 11) is 0. The average Bonchev–Trinajstić information content (AvgIpc) is 2.20. The van der Waals surface area contributed by atoms with Crippen molar-refractivity contribution in [2.45, 2.75) is 0 Å². The Hall–Kier alpha value is -2.43. The van der Waals surface area contributed by atoms with Crippen LogP contribution in [0.3, 0.4) is 0 Å². The fraction of sp³-hybridized carbons (Fsp3) is 0. The lowest BCUT2D eigenvalue weighted by Crippen LogP contribution is -2.01. The molecule has 0 aliphatic rings. The van der Waals surface area contributed by atoms with Gasteiger partial charge < -0.3 is 21.1 Å². The summed E-state index contributed by atoms with van der Waals surface area (Å²) in [6.45, 7) is 0. The molecule has 0 spiro atoms. The van der Waals surface area contributed by atoms with E-state index in [1.807, 2.05) is 0 Å². The highest BCUT2D eigenvalue weighted by Crippen LogP contribution is 2.34. The fourth-order valence-corrected chi connectivity index (χ4v) is 1.61. The van der Waals surface area contributed by atoms with Crippen LogP contribution in [0.2, 0.25) is 0 Å². The van der Waals surface area contributed by atoms with E-state index in [1.54, 1.807) is 0 Å². The van der Waals surface area contributed by atoms with Crippen molar-refractivity contribution in [3.8, 4) is 11.5 Å². The van der Waals surface area contributed by atoms with Crippen molar-refractivity contribution >= 4 is 22.4 Å². The summed E-state index contributed by atoms with van der Waals surface area (Å²) in [5.74, 6) is -1.84. The first-order chi connectivity index (χ1) is 7.50. The molecule has 16 heavy (non-hydrogen) atoms. The van der Waals surface area contributed by atoms with Crippen LogP contribution in [0.1, 0.15) is 10.4 Å². The van der Waals surface area contributed by atoms with Gasteiger partial charge in [-0.2, -0.15) is 0 Å². The topological polar surface area (TPSA) is 104 Å². The van der Waals surface area contributed by atoms with Crippen molar-refractivity contribution in [1.82, 2.24) is 0 Å². The van der Waals surface area contributed by atoms with Gasteiger partial charge in [0.1, 0.15) is 11.3 Å². The lowest BCUT2D eigenvalue weighted by molar-refractivity contribution is 0.0696. The zero-order valence-electron chi connectivity index (χ0n) is 8.14. The number of carbonyl (C=O) groups is 1. The fourth-order valence-electron chi connectivity index (χ4n) is 1.61. The first-order valence-electron chi connectivity index (χ1n) is 4.48. The Labute approximate surface area is 90.4 Å². The Kier molecular flexibility index (Phi) is 2.09. The van der Waals surface area contributed by atoms with Crippen LogP contribution in [-0.2, 0) is 0 Å². The van der Waals surface area contributed by atoms with E-state index < -0.39 is 11.7 Å². The molecule has 0 saturated carbocycles. The number of hydrogen-bond donors (Lipinski definition) is 4.